The first-order chi connectivity index (χ1) is 12.0. The van der Waals surface area contributed by atoms with Crippen LogP contribution in [-0.2, 0) is 16.1 Å². The van der Waals surface area contributed by atoms with Crippen molar-refractivity contribution in [2.75, 3.05) is 32.8 Å². The highest BCUT2D eigenvalue weighted by Crippen LogP contribution is 2.19. The highest BCUT2D eigenvalue weighted by molar-refractivity contribution is 5.75. The zero-order valence-corrected chi connectivity index (χ0v) is 14.8. The summed E-state index contributed by atoms with van der Waals surface area (Å²) in [5.74, 6) is -0.210. The molecule has 2 aromatic heterocycles. The molecule has 8 nitrogen and oxygen atoms in total. The molecular formula is C17H25N5O3. The topological polar surface area (TPSA) is 80.9 Å². The number of carbonyl (C=O) groups is 1. The fraction of sp³-hybridized carbons (Fsp3) is 0.588. The number of amides is 1. The summed E-state index contributed by atoms with van der Waals surface area (Å²) in [5, 5.41) is 7.15. The maximum atomic E-state index is 12.3. The van der Waals surface area contributed by atoms with Gasteiger partial charge in [0, 0.05) is 31.4 Å². The number of hydrogen-bond acceptors (Lipinski definition) is 5. The van der Waals surface area contributed by atoms with Crippen LogP contribution in [0.2, 0.25) is 0 Å². The maximum absolute atomic E-state index is 12.3. The van der Waals surface area contributed by atoms with Crippen LogP contribution in [0.1, 0.15) is 20.3 Å². The van der Waals surface area contributed by atoms with Gasteiger partial charge in [0.25, 0.3) is 0 Å². The third kappa shape index (κ3) is 3.74. The van der Waals surface area contributed by atoms with Gasteiger partial charge in [0.1, 0.15) is 6.54 Å². The van der Waals surface area contributed by atoms with Crippen LogP contribution in [0.5, 0.6) is 0 Å². The number of fused-ring (bicyclic) bond motifs is 1. The van der Waals surface area contributed by atoms with Crippen molar-refractivity contribution in [1.29, 1.82) is 0 Å². The van der Waals surface area contributed by atoms with Crippen LogP contribution in [0.25, 0.3) is 5.65 Å². The Morgan fingerprint density at radius 1 is 1.36 bits per heavy atom. The molecule has 0 saturated carbocycles. The zero-order valence-electron chi connectivity index (χ0n) is 14.8. The van der Waals surface area contributed by atoms with E-state index in [9.17, 15) is 9.59 Å². The molecule has 1 atom stereocenters. The highest BCUT2D eigenvalue weighted by Gasteiger charge is 2.31. The maximum Gasteiger partial charge on any atom is 0.350 e. The van der Waals surface area contributed by atoms with Crippen LogP contribution in [0, 0.1) is 0 Å². The average Bonchev–Trinajstić information content (AvgIpc) is 2.96. The quantitative estimate of drug-likeness (QED) is 0.802. The predicted molar refractivity (Wildman–Crippen MR) is 93.5 cm³/mol. The molecule has 1 N–H and O–H groups in total. The van der Waals surface area contributed by atoms with Crippen molar-refractivity contribution in [1.82, 2.24) is 24.4 Å². The number of nitrogens with zero attached hydrogens (tertiary/aromatic N) is 4. The van der Waals surface area contributed by atoms with E-state index in [0.29, 0.717) is 12.2 Å². The van der Waals surface area contributed by atoms with Gasteiger partial charge in [0.15, 0.2) is 5.65 Å². The Kier molecular flexibility index (Phi) is 5.19. The molecule has 0 aromatic carbocycles. The third-order valence-electron chi connectivity index (χ3n) is 4.98. The molecular weight excluding hydrogens is 322 g/mol. The van der Waals surface area contributed by atoms with Crippen molar-refractivity contribution in [2.45, 2.75) is 32.4 Å². The van der Waals surface area contributed by atoms with Crippen LogP contribution >= 0.6 is 0 Å². The van der Waals surface area contributed by atoms with E-state index >= 15 is 0 Å². The standard InChI is InChI=1S/C17H25N5O3/c1-3-17(2,20-8-10-25-11-9-20)13-18-15(23)12-22-16(24)21-7-5-4-6-14(21)19-22/h4-7H,3,8-13H2,1-2H3,(H,18,23)/t17-/m0/s1. The van der Waals surface area contributed by atoms with E-state index in [1.165, 1.54) is 9.08 Å². The second-order valence-corrected chi connectivity index (χ2v) is 6.60. The first-order valence-electron chi connectivity index (χ1n) is 8.67. The molecule has 0 spiro atoms. The number of morpholine rings is 1. The smallest absolute Gasteiger partial charge is 0.350 e. The first kappa shape index (κ1) is 17.6. The molecule has 1 saturated heterocycles. The Balaban J connectivity index is 1.63. The number of rotatable bonds is 6. The van der Waals surface area contributed by atoms with Gasteiger partial charge in [0.2, 0.25) is 5.91 Å². The van der Waals surface area contributed by atoms with Gasteiger partial charge in [-0.25, -0.2) is 9.48 Å². The van der Waals surface area contributed by atoms with Crippen molar-refractivity contribution < 1.29 is 9.53 Å². The lowest BCUT2D eigenvalue weighted by molar-refractivity contribution is -0.122. The largest absolute Gasteiger partial charge is 0.379 e. The van der Waals surface area contributed by atoms with Gasteiger partial charge in [-0.1, -0.05) is 13.0 Å². The SMILES string of the molecule is CC[C@@](C)(CNC(=O)Cn1nc2ccccn2c1=O)N1CCOCC1. The lowest BCUT2D eigenvalue weighted by Gasteiger charge is -2.43. The monoisotopic (exact) mass is 347 g/mol. The molecule has 1 aliphatic heterocycles. The van der Waals surface area contributed by atoms with Crippen LogP contribution in [0.4, 0.5) is 0 Å². The Labute approximate surface area is 146 Å². The summed E-state index contributed by atoms with van der Waals surface area (Å²) >= 11 is 0. The van der Waals surface area contributed by atoms with E-state index < -0.39 is 0 Å². The fourth-order valence-electron chi connectivity index (χ4n) is 3.12. The molecule has 2 aromatic rings. The van der Waals surface area contributed by atoms with Gasteiger partial charge >= 0.3 is 5.69 Å². The highest BCUT2D eigenvalue weighted by atomic mass is 16.5. The lowest BCUT2D eigenvalue weighted by atomic mass is 9.95. The van der Waals surface area contributed by atoms with Gasteiger partial charge in [-0.3, -0.25) is 14.1 Å². The first-order valence-corrected chi connectivity index (χ1v) is 8.67. The van der Waals surface area contributed by atoms with Crippen molar-refractivity contribution in [3.8, 4) is 0 Å². The van der Waals surface area contributed by atoms with E-state index in [1.54, 1.807) is 24.4 Å². The molecule has 1 amide bonds. The third-order valence-corrected chi connectivity index (χ3v) is 4.98. The fourth-order valence-corrected chi connectivity index (χ4v) is 3.12. The minimum Gasteiger partial charge on any atom is -0.379 e. The Morgan fingerprint density at radius 3 is 2.80 bits per heavy atom. The van der Waals surface area contributed by atoms with Gasteiger partial charge in [-0.2, -0.15) is 0 Å². The van der Waals surface area contributed by atoms with Crippen molar-refractivity contribution in [3.05, 3.63) is 34.9 Å². The summed E-state index contributed by atoms with van der Waals surface area (Å²) in [6.07, 6.45) is 2.56. The molecule has 3 rings (SSSR count). The average molecular weight is 347 g/mol. The number of ether oxygens (including phenoxy) is 1. The van der Waals surface area contributed by atoms with Gasteiger partial charge < -0.3 is 10.1 Å². The van der Waals surface area contributed by atoms with Crippen molar-refractivity contribution >= 4 is 11.6 Å². The number of carbonyl (C=O) groups excluding carboxylic acids is 1. The second-order valence-electron chi connectivity index (χ2n) is 6.60. The summed E-state index contributed by atoms with van der Waals surface area (Å²) < 4.78 is 8.03. The van der Waals surface area contributed by atoms with E-state index in [2.05, 4.69) is 29.2 Å². The second kappa shape index (κ2) is 7.37. The van der Waals surface area contributed by atoms with E-state index in [4.69, 9.17) is 4.74 Å². The number of pyridine rings is 1. The van der Waals surface area contributed by atoms with E-state index in [-0.39, 0.29) is 23.7 Å². The molecule has 136 valence electrons. The zero-order chi connectivity index (χ0) is 17.9. The van der Waals surface area contributed by atoms with Gasteiger partial charge in [0.05, 0.1) is 13.2 Å². The number of nitrogens with one attached hydrogen (secondary N) is 1. The van der Waals surface area contributed by atoms with Crippen LogP contribution < -0.4 is 11.0 Å². The molecule has 0 bridgehead atoms. The van der Waals surface area contributed by atoms with Crippen LogP contribution in [0.15, 0.2) is 29.2 Å². The summed E-state index contributed by atoms with van der Waals surface area (Å²) in [7, 11) is 0. The van der Waals surface area contributed by atoms with Crippen molar-refractivity contribution in [3.63, 3.8) is 0 Å². The summed E-state index contributed by atoms with van der Waals surface area (Å²) in [5.41, 5.74) is 0.104. The van der Waals surface area contributed by atoms with Gasteiger partial charge in [-0.05, 0) is 25.5 Å². The van der Waals surface area contributed by atoms with Crippen LogP contribution in [-0.4, -0.2) is 63.4 Å². The molecule has 0 unspecified atom stereocenters. The van der Waals surface area contributed by atoms with Gasteiger partial charge in [-0.15, -0.1) is 5.10 Å². The normalized spacial score (nSPS) is 18.2. The minimum absolute atomic E-state index is 0.0799. The Bertz CT molecular complexity index is 793. The number of hydrogen-bond donors (Lipinski definition) is 1. The molecule has 1 aliphatic rings. The Hall–Kier alpha value is -2.19. The van der Waals surface area contributed by atoms with E-state index in [0.717, 1.165) is 32.7 Å². The molecule has 0 aliphatic carbocycles. The minimum atomic E-state index is -0.308. The van der Waals surface area contributed by atoms with Crippen LogP contribution in [0.3, 0.4) is 0 Å². The molecule has 3 heterocycles. The summed E-state index contributed by atoms with van der Waals surface area (Å²) in [6, 6.07) is 5.30. The summed E-state index contributed by atoms with van der Waals surface area (Å²) in [6.45, 7) is 7.90. The lowest BCUT2D eigenvalue weighted by Crippen LogP contribution is -2.57. The van der Waals surface area contributed by atoms with E-state index in [1.807, 2.05) is 0 Å². The molecule has 0 radical (unpaired) electrons. The predicted octanol–water partition coefficient (Wildman–Crippen LogP) is 0.113. The molecule has 25 heavy (non-hydrogen) atoms. The Morgan fingerprint density at radius 2 is 2.12 bits per heavy atom. The molecule has 8 heteroatoms. The number of aromatic nitrogens is 3. The van der Waals surface area contributed by atoms with Crippen molar-refractivity contribution in [2.24, 2.45) is 0 Å². The summed E-state index contributed by atoms with van der Waals surface area (Å²) in [4.78, 5) is 26.9. The molecule has 1 fully saturated rings.